The minimum Gasteiger partial charge on any atom is -0.374 e. The molecule has 6 nitrogen and oxygen atoms in total. The molecular formula is C9H21NO5Si. The van der Waals surface area contributed by atoms with Gasteiger partial charge in [-0.3, -0.25) is 10.1 Å². The lowest BCUT2D eigenvalue weighted by atomic mass is 10.5. The average molecular weight is 251 g/mol. The third kappa shape index (κ3) is 6.16. The lowest BCUT2D eigenvalue weighted by Crippen LogP contribution is -2.46. The topological polar surface area (TPSA) is 70.8 Å². The largest absolute Gasteiger partial charge is 0.501 e. The maximum absolute atomic E-state index is 10.3. The van der Waals surface area contributed by atoms with Gasteiger partial charge in [-0.05, 0) is 20.8 Å². The molecule has 0 aromatic carbocycles. The molecule has 0 amide bonds. The fourth-order valence-electron chi connectivity index (χ4n) is 1.43. The summed E-state index contributed by atoms with van der Waals surface area (Å²) in [6.45, 7) is 7.05. The zero-order chi connectivity index (χ0) is 12.4. The summed E-state index contributed by atoms with van der Waals surface area (Å²) in [5.74, 6) is 0. The molecule has 0 atom stereocenters. The average Bonchev–Trinajstić information content (AvgIpc) is 2.18. The summed E-state index contributed by atoms with van der Waals surface area (Å²) in [5.41, 5.74) is 0. The Kier molecular flexibility index (Phi) is 8.35. The van der Waals surface area contributed by atoms with Crippen molar-refractivity contribution in [1.29, 1.82) is 0 Å². The van der Waals surface area contributed by atoms with E-state index in [1.165, 1.54) is 0 Å². The van der Waals surface area contributed by atoms with Gasteiger partial charge in [-0.1, -0.05) is 0 Å². The highest BCUT2D eigenvalue weighted by Crippen LogP contribution is 2.17. The van der Waals surface area contributed by atoms with Crippen LogP contribution in [0, 0.1) is 10.1 Å². The van der Waals surface area contributed by atoms with Crippen LogP contribution < -0.4 is 0 Å². The van der Waals surface area contributed by atoms with Crippen molar-refractivity contribution in [3.8, 4) is 0 Å². The molecule has 0 aliphatic rings. The third-order valence-electron chi connectivity index (χ3n) is 1.92. The van der Waals surface area contributed by atoms with Crippen LogP contribution in [0.5, 0.6) is 0 Å². The first-order valence-corrected chi connectivity index (χ1v) is 7.57. The summed E-state index contributed by atoms with van der Waals surface area (Å²) in [6, 6.07) is 0.503. The molecule has 0 radical (unpaired) electrons. The monoisotopic (exact) mass is 251 g/mol. The van der Waals surface area contributed by atoms with Crippen molar-refractivity contribution < 1.29 is 18.2 Å². The van der Waals surface area contributed by atoms with E-state index in [-0.39, 0.29) is 11.5 Å². The van der Waals surface area contributed by atoms with E-state index in [1.54, 1.807) is 0 Å². The van der Waals surface area contributed by atoms with Crippen LogP contribution in [-0.2, 0) is 13.3 Å². The number of hydrogen-bond acceptors (Lipinski definition) is 5. The Hall–Kier alpha value is -0.503. The first-order chi connectivity index (χ1) is 7.60. The summed E-state index contributed by atoms with van der Waals surface area (Å²) in [6.07, 6.45) is 0.430. The Morgan fingerprint density at radius 2 is 1.50 bits per heavy atom. The van der Waals surface area contributed by atoms with Crippen LogP contribution in [0.25, 0.3) is 0 Å². The minimum absolute atomic E-state index is 0.0675. The molecule has 96 valence electrons. The van der Waals surface area contributed by atoms with Crippen LogP contribution in [0.15, 0.2) is 0 Å². The highest BCUT2D eigenvalue weighted by Gasteiger charge is 2.40. The molecule has 0 rings (SSSR count). The first kappa shape index (κ1) is 15.5. The number of nitrogens with zero attached hydrogens (tertiary/aromatic N) is 1. The van der Waals surface area contributed by atoms with Crippen molar-refractivity contribution in [3.05, 3.63) is 10.1 Å². The number of hydrogen-bond donors (Lipinski definition) is 0. The molecule has 0 heterocycles. The van der Waals surface area contributed by atoms with Crippen molar-refractivity contribution >= 4 is 8.80 Å². The predicted octanol–water partition coefficient (Wildman–Crippen LogP) is 1.70. The van der Waals surface area contributed by atoms with Crippen LogP contribution in [0.3, 0.4) is 0 Å². The van der Waals surface area contributed by atoms with Gasteiger partial charge in [0.25, 0.3) is 0 Å². The molecule has 0 saturated carbocycles. The van der Waals surface area contributed by atoms with E-state index in [1.807, 2.05) is 20.8 Å². The summed E-state index contributed by atoms with van der Waals surface area (Å²) in [4.78, 5) is 9.93. The lowest BCUT2D eigenvalue weighted by Gasteiger charge is -2.27. The summed E-state index contributed by atoms with van der Waals surface area (Å²) in [7, 11) is -2.67. The van der Waals surface area contributed by atoms with E-state index in [0.717, 1.165) is 0 Å². The van der Waals surface area contributed by atoms with E-state index >= 15 is 0 Å². The van der Waals surface area contributed by atoms with E-state index in [4.69, 9.17) is 13.3 Å². The fourth-order valence-corrected chi connectivity index (χ4v) is 4.02. The van der Waals surface area contributed by atoms with Gasteiger partial charge in [0, 0.05) is 37.2 Å². The molecule has 0 unspecified atom stereocenters. The van der Waals surface area contributed by atoms with E-state index < -0.39 is 8.80 Å². The Balaban J connectivity index is 4.28. The Morgan fingerprint density at radius 1 is 1.06 bits per heavy atom. The molecule has 0 N–H and O–H groups in total. The van der Waals surface area contributed by atoms with E-state index in [0.29, 0.717) is 32.3 Å². The zero-order valence-corrected chi connectivity index (χ0v) is 11.2. The molecule has 0 spiro atoms. The zero-order valence-electron chi connectivity index (χ0n) is 10.2. The van der Waals surface area contributed by atoms with Gasteiger partial charge in [0.1, 0.15) is 0 Å². The lowest BCUT2D eigenvalue weighted by molar-refractivity contribution is -0.479. The van der Waals surface area contributed by atoms with Gasteiger partial charge >= 0.3 is 8.80 Å². The predicted molar refractivity (Wildman–Crippen MR) is 61.9 cm³/mol. The van der Waals surface area contributed by atoms with Crippen molar-refractivity contribution in [1.82, 2.24) is 0 Å². The maximum Gasteiger partial charge on any atom is 0.501 e. The summed E-state index contributed by atoms with van der Waals surface area (Å²) < 4.78 is 16.7. The van der Waals surface area contributed by atoms with Gasteiger partial charge in [0.05, 0.1) is 0 Å². The fraction of sp³-hybridized carbons (Fsp3) is 1.00. The highest BCUT2D eigenvalue weighted by atomic mass is 28.4. The smallest absolute Gasteiger partial charge is 0.374 e. The van der Waals surface area contributed by atoms with Gasteiger partial charge < -0.3 is 13.3 Å². The number of rotatable bonds is 10. The van der Waals surface area contributed by atoms with Crippen molar-refractivity contribution in [2.75, 3.05) is 26.4 Å². The maximum atomic E-state index is 10.3. The van der Waals surface area contributed by atoms with Crippen molar-refractivity contribution in [2.45, 2.75) is 33.2 Å². The van der Waals surface area contributed by atoms with Gasteiger partial charge in [0.2, 0.25) is 6.54 Å². The second-order valence-electron chi connectivity index (χ2n) is 3.14. The molecule has 0 aromatic heterocycles. The second-order valence-corrected chi connectivity index (χ2v) is 5.87. The highest BCUT2D eigenvalue weighted by molar-refractivity contribution is 6.60. The molecule has 0 aromatic rings. The quantitative estimate of drug-likeness (QED) is 0.336. The van der Waals surface area contributed by atoms with E-state index in [9.17, 15) is 10.1 Å². The summed E-state index contributed by atoms with van der Waals surface area (Å²) >= 11 is 0. The molecule has 0 aliphatic heterocycles. The Labute approximate surface area is 97.4 Å². The molecule has 7 heteroatoms. The SMILES string of the molecule is CCO[Si](CCC[N+](=O)[O-])(OCC)OCC. The Bertz CT molecular complexity index is 185. The normalized spacial score (nSPS) is 11.7. The van der Waals surface area contributed by atoms with Crippen molar-refractivity contribution in [3.63, 3.8) is 0 Å². The minimum atomic E-state index is -2.67. The Morgan fingerprint density at radius 3 is 1.81 bits per heavy atom. The van der Waals surface area contributed by atoms with Crippen LogP contribution in [0.2, 0.25) is 6.04 Å². The molecule has 0 aliphatic carbocycles. The van der Waals surface area contributed by atoms with Gasteiger partial charge in [-0.15, -0.1) is 0 Å². The van der Waals surface area contributed by atoms with Crippen LogP contribution >= 0.6 is 0 Å². The van der Waals surface area contributed by atoms with Crippen LogP contribution in [0.1, 0.15) is 27.2 Å². The third-order valence-corrected chi connectivity index (χ3v) is 5.07. The van der Waals surface area contributed by atoms with E-state index in [2.05, 4.69) is 0 Å². The first-order valence-electron chi connectivity index (χ1n) is 5.63. The van der Waals surface area contributed by atoms with Gasteiger partial charge in [0.15, 0.2) is 0 Å². The van der Waals surface area contributed by atoms with Crippen molar-refractivity contribution in [2.24, 2.45) is 0 Å². The molecule has 0 saturated heterocycles. The van der Waals surface area contributed by atoms with Gasteiger partial charge in [-0.2, -0.15) is 0 Å². The molecule has 0 fully saturated rings. The standard InChI is InChI=1S/C9H21NO5Si/c1-4-13-16(14-5-2,15-6-3)9-7-8-10(11)12/h4-9H2,1-3H3. The van der Waals surface area contributed by atoms with Crippen LogP contribution in [0.4, 0.5) is 0 Å². The van der Waals surface area contributed by atoms with Crippen LogP contribution in [-0.4, -0.2) is 40.1 Å². The molecular weight excluding hydrogens is 230 g/mol. The molecule has 0 bridgehead atoms. The second kappa shape index (κ2) is 8.63. The van der Waals surface area contributed by atoms with Gasteiger partial charge in [-0.25, -0.2) is 0 Å². The number of nitro groups is 1. The molecule has 16 heavy (non-hydrogen) atoms. The summed E-state index contributed by atoms with van der Waals surface area (Å²) in [5, 5.41) is 10.3.